The zero-order valence-corrected chi connectivity index (χ0v) is 18.1. The number of carbonyl (C=O) groups excluding carboxylic acids is 2. The van der Waals surface area contributed by atoms with Crippen LogP contribution in [0.3, 0.4) is 0 Å². The van der Waals surface area contributed by atoms with Crippen LogP contribution in [0.2, 0.25) is 0 Å². The smallest absolute Gasteiger partial charge is 0.328 e. The van der Waals surface area contributed by atoms with E-state index in [0.29, 0.717) is 35.1 Å². The normalized spacial score (nSPS) is 18.0. The van der Waals surface area contributed by atoms with Crippen molar-refractivity contribution in [3.63, 3.8) is 0 Å². The lowest BCUT2D eigenvalue weighted by atomic mass is 9.95. The summed E-state index contributed by atoms with van der Waals surface area (Å²) in [7, 11) is 1.29. The number of imidazole rings is 1. The van der Waals surface area contributed by atoms with Crippen molar-refractivity contribution in [2.75, 3.05) is 13.7 Å². The zero-order chi connectivity index (χ0) is 21.1. The Morgan fingerprint density at radius 3 is 2.90 bits per heavy atom. The highest BCUT2D eigenvalue weighted by Gasteiger charge is 2.37. The van der Waals surface area contributed by atoms with Crippen molar-refractivity contribution in [3.05, 3.63) is 51.8 Å². The van der Waals surface area contributed by atoms with Crippen LogP contribution < -0.4 is 5.32 Å². The van der Waals surface area contributed by atoms with Crippen molar-refractivity contribution < 1.29 is 18.7 Å². The van der Waals surface area contributed by atoms with E-state index >= 15 is 0 Å². The average molecular weight is 467 g/mol. The minimum atomic E-state index is -0.784. The third kappa shape index (κ3) is 4.29. The van der Waals surface area contributed by atoms with E-state index in [9.17, 15) is 14.0 Å². The molecule has 0 radical (unpaired) electrons. The first-order valence-corrected chi connectivity index (χ1v) is 10.3. The highest BCUT2D eigenvalue weighted by atomic mass is 79.9. The molecular weight excluding hydrogens is 443 g/mol. The summed E-state index contributed by atoms with van der Waals surface area (Å²) in [5.74, 6) is -1.05. The molecule has 156 valence electrons. The number of H-pyrrole nitrogens is 1. The number of halogens is 2. The third-order valence-corrected chi connectivity index (χ3v) is 5.88. The lowest BCUT2D eigenvalue weighted by Gasteiger charge is -2.36. The molecule has 1 aromatic heterocycles. The quantitative estimate of drug-likeness (QED) is 0.659. The van der Waals surface area contributed by atoms with Gasteiger partial charge in [-0.1, -0.05) is 42.3 Å². The fraction of sp³-hybridized carbons (Fsp3) is 0.450. The number of ether oxygens (including phenoxy) is 1. The molecule has 2 N–H and O–H groups in total. The van der Waals surface area contributed by atoms with Crippen LogP contribution in [0, 0.1) is 11.7 Å². The van der Waals surface area contributed by atoms with Crippen LogP contribution in [0.5, 0.6) is 0 Å². The molecule has 2 aromatic rings. The van der Waals surface area contributed by atoms with Gasteiger partial charge in [-0.05, 0) is 18.1 Å². The maximum atomic E-state index is 14.8. The van der Waals surface area contributed by atoms with Crippen LogP contribution in [-0.4, -0.2) is 46.6 Å². The molecule has 2 amide bonds. The first-order chi connectivity index (χ1) is 13.9. The molecule has 29 heavy (non-hydrogen) atoms. The SMILES string of the molecule is CC[C@@H](C)[C@H](NC(=O)N1CCc2[nH]cnc2[C@@H]1c1ccc(Br)cc1F)C(=O)OC. The molecular formula is C20H24BrFN4O3. The van der Waals surface area contributed by atoms with E-state index in [4.69, 9.17) is 4.74 Å². The maximum absolute atomic E-state index is 14.8. The number of methoxy groups -OCH3 is 1. The number of hydrogen-bond acceptors (Lipinski definition) is 4. The fourth-order valence-corrected chi connectivity index (χ4v) is 3.88. The first kappa shape index (κ1) is 21.3. The Hall–Kier alpha value is -2.42. The Bertz CT molecular complexity index is 904. The van der Waals surface area contributed by atoms with Gasteiger partial charge in [-0.25, -0.2) is 19.0 Å². The van der Waals surface area contributed by atoms with Gasteiger partial charge < -0.3 is 19.9 Å². The largest absolute Gasteiger partial charge is 0.467 e. The van der Waals surface area contributed by atoms with Gasteiger partial charge in [0.1, 0.15) is 17.9 Å². The molecule has 0 fully saturated rings. The van der Waals surface area contributed by atoms with E-state index in [1.165, 1.54) is 18.1 Å². The summed E-state index contributed by atoms with van der Waals surface area (Å²) in [5, 5.41) is 2.78. The number of nitrogens with zero attached hydrogens (tertiary/aromatic N) is 2. The molecule has 0 saturated heterocycles. The van der Waals surface area contributed by atoms with Gasteiger partial charge in [0.15, 0.2) is 0 Å². The van der Waals surface area contributed by atoms with Gasteiger partial charge in [0.2, 0.25) is 0 Å². The van der Waals surface area contributed by atoms with Gasteiger partial charge >= 0.3 is 12.0 Å². The van der Waals surface area contributed by atoms with Gasteiger partial charge in [-0.3, -0.25) is 0 Å². The van der Waals surface area contributed by atoms with Crippen molar-refractivity contribution in [2.24, 2.45) is 5.92 Å². The van der Waals surface area contributed by atoms with Crippen LogP contribution in [0.25, 0.3) is 0 Å². The Morgan fingerprint density at radius 2 is 2.24 bits per heavy atom. The summed E-state index contributed by atoms with van der Waals surface area (Å²) < 4.78 is 20.3. The monoisotopic (exact) mass is 466 g/mol. The second-order valence-electron chi connectivity index (χ2n) is 7.11. The number of urea groups is 1. The molecule has 1 aromatic carbocycles. The second kappa shape index (κ2) is 8.94. The molecule has 0 unspecified atom stereocenters. The Morgan fingerprint density at radius 1 is 1.48 bits per heavy atom. The number of aromatic nitrogens is 2. The highest BCUT2D eigenvalue weighted by Crippen LogP contribution is 2.35. The average Bonchev–Trinajstić information content (AvgIpc) is 3.19. The molecule has 0 aliphatic carbocycles. The van der Waals surface area contributed by atoms with Crippen molar-refractivity contribution in [1.29, 1.82) is 0 Å². The van der Waals surface area contributed by atoms with E-state index in [1.54, 1.807) is 18.5 Å². The molecule has 7 nitrogen and oxygen atoms in total. The van der Waals surface area contributed by atoms with Crippen molar-refractivity contribution in [2.45, 2.75) is 38.8 Å². The summed E-state index contributed by atoms with van der Waals surface area (Å²) in [6.45, 7) is 4.16. The number of rotatable bonds is 5. The van der Waals surface area contributed by atoms with Crippen LogP contribution in [0.15, 0.2) is 29.0 Å². The number of benzene rings is 1. The molecule has 1 aliphatic rings. The molecule has 2 heterocycles. The molecule has 0 saturated carbocycles. The van der Waals surface area contributed by atoms with E-state index in [0.717, 1.165) is 5.69 Å². The van der Waals surface area contributed by atoms with Gasteiger partial charge in [-0.2, -0.15) is 0 Å². The summed E-state index contributed by atoms with van der Waals surface area (Å²) in [5.41, 5.74) is 1.81. The number of carbonyl (C=O) groups is 2. The van der Waals surface area contributed by atoms with E-state index in [1.807, 2.05) is 13.8 Å². The predicted molar refractivity (Wildman–Crippen MR) is 109 cm³/mol. The molecule has 1 aliphatic heterocycles. The van der Waals surface area contributed by atoms with E-state index in [-0.39, 0.29) is 5.92 Å². The standard InChI is InChI=1S/C20H24BrFN4O3/c1-4-11(2)16(19(27)29-3)25-20(28)26-8-7-15-17(24-10-23-15)18(26)13-6-5-12(21)9-14(13)22/h5-6,9-11,16,18H,4,7-8H2,1-3H3,(H,23,24)(H,25,28)/t11-,16+,18+/m1/s1. The minimum Gasteiger partial charge on any atom is -0.467 e. The summed E-state index contributed by atoms with van der Waals surface area (Å²) in [4.78, 5) is 34.3. The van der Waals surface area contributed by atoms with Crippen molar-refractivity contribution >= 4 is 27.9 Å². The Balaban J connectivity index is 1.96. The van der Waals surface area contributed by atoms with Gasteiger partial charge in [0, 0.05) is 28.7 Å². The highest BCUT2D eigenvalue weighted by molar-refractivity contribution is 9.10. The number of fused-ring (bicyclic) bond motifs is 1. The number of hydrogen-bond donors (Lipinski definition) is 2. The summed E-state index contributed by atoms with van der Waals surface area (Å²) in [6, 6.07) is 2.79. The Labute approximate surface area is 177 Å². The number of nitrogens with one attached hydrogen (secondary N) is 2. The lowest BCUT2D eigenvalue weighted by Crippen LogP contribution is -2.53. The predicted octanol–water partition coefficient (Wildman–Crippen LogP) is 3.56. The van der Waals surface area contributed by atoms with Gasteiger partial charge in [0.05, 0.1) is 19.1 Å². The molecule has 0 bridgehead atoms. The number of amides is 2. The van der Waals surface area contributed by atoms with Crippen molar-refractivity contribution in [3.8, 4) is 0 Å². The second-order valence-corrected chi connectivity index (χ2v) is 8.03. The van der Waals surface area contributed by atoms with Crippen LogP contribution >= 0.6 is 15.9 Å². The zero-order valence-electron chi connectivity index (χ0n) is 16.5. The summed E-state index contributed by atoms with van der Waals surface area (Å²) >= 11 is 3.26. The lowest BCUT2D eigenvalue weighted by molar-refractivity contribution is -0.144. The molecule has 9 heteroatoms. The van der Waals surface area contributed by atoms with E-state index < -0.39 is 29.9 Å². The third-order valence-electron chi connectivity index (χ3n) is 5.39. The fourth-order valence-electron chi connectivity index (χ4n) is 3.55. The van der Waals surface area contributed by atoms with Gasteiger partial charge in [0.25, 0.3) is 0 Å². The Kier molecular flexibility index (Phi) is 6.56. The van der Waals surface area contributed by atoms with Gasteiger partial charge in [-0.15, -0.1) is 0 Å². The summed E-state index contributed by atoms with van der Waals surface area (Å²) in [6.07, 6.45) is 2.80. The molecule has 0 spiro atoms. The number of esters is 1. The topological polar surface area (TPSA) is 87.3 Å². The first-order valence-electron chi connectivity index (χ1n) is 9.49. The maximum Gasteiger partial charge on any atom is 0.328 e. The van der Waals surface area contributed by atoms with Crippen LogP contribution in [0.1, 0.15) is 43.3 Å². The number of aromatic amines is 1. The van der Waals surface area contributed by atoms with Crippen LogP contribution in [-0.2, 0) is 16.0 Å². The van der Waals surface area contributed by atoms with E-state index in [2.05, 4.69) is 31.2 Å². The van der Waals surface area contributed by atoms with Crippen molar-refractivity contribution in [1.82, 2.24) is 20.2 Å². The minimum absolute atomic E-state index is 0.111. The molecule has 3 atom stereocenters. The van der Waals surface area contributed by atoms with Crippen LogP contribution in [0.4, 0.5) is 9.18 Å². The molecule has 3 rings (SSSR count).